The quantitative estimate of drug-likeness (QED) is 0.751. The van der Waals surface area contributed by atoms with E-state index in [1.165, 1.54) is 7.11 Å². The fraction of sp³-hybridized carbons (Fsp3) is 0.118. The average molecular weight is 309 g/mol. The van der Waals surface area contributed by atoms with Crippen LogP contribution in [0.15, 0.2) is 54.9 Å². The number of nitrogens with zero attached hydrogens (tertiary/aromatic N) is 2. The summed E-state index contributed by atoms with van der Waals surface area (Å²) in [7, 11) is 1.30. The second-order valence-electron chi connectivity index (χ2n) is 4.96. The molecule has 0 fully saturated rings. The van der Waals surface area contributed by atoms with Gasteiger partial charge in [0.25, 0.3) is 0 Å². The number of nitrogens with one attached hydrogen (secondary N) is 1. The third-order valence-electron chi connectivity index (χ3n) is 3.36. The molecule has 0 atom stereocenters. The third kappa shape index (κ3) is 3.21. The van der Waals surface area contributed by atoms with Crippen LogP contribution in [-0.2, 0) is 16.0 Å². The minimum Gasteiger partial charge on any atom is -0.465 e. The molecule has 0 spiro atoms. The number of esters is 1. The van der Waals surface area contributed by atoms with E-state index in [9.17, 15) is 9.59 Å². The Morgan fingerprint density at radius 1 is 1.17 bits per heavy atom. The van der Waals surface area contributed by atoms with Crippen molar-refractivity contribution in [2.24, 2.45) is 0 Å². The van der Waals surface area contributed by atoms with Crippen molar-refractivity contribution < 1.29 is 14.3 Å². The number of para-hydroxylation sites is 1. The van der Waals surface area contributed by atoms with Gasteiger partial charge in [-0.15, -0.1) is 0 Å². The highest BCUT2D eigenvalue weighted by molar-refractivity contribution is 6.01. The van der Waals surface area contributed by atoms with Gasteiger partial charge in [-0.25, -0.2) is 9.78 Å². The van der Waals surface area contributed by atoms with Crippen LogP contribution < -0.4 is 5.32 Å². The molecule has 0 aliphatic rings. The third-order valence-corrected chi connectivity index (χ3v) is 3.36. The number of hydrogen-bond acceptors (Lipinski definition) is 4. The van der Waals surface area contributed by atoms with Gasteiger partial charge in [-0.2, -0.15) is 0 Å². The van der Waals surface area contributed by atoms with Crippen LogP contribution in [0.5, 0.6) is 0 Å². The molecule has 23 heavy (non-hydrogen) atoms. The zero-order chi connectivity index (χ0) is 16.2. The Morgan fingerprint density at radius 2 is 1.96 bits per heavy atom. The number of imidazole rings is 1. The molecule has 0 aliphatic heterocycles. The first kappa shape index (κ1) is 14.8. The van der Waals surface area contributed by atoms with Crippen LogP contribution in [0.1, 0.15) is 16.1 Å². The summed E-state index contributed by atoms with van der Waals surface area (Å²) in [6.45, 7) is 0. The standard InChI is InChI=1S/C17H15N3O3/c1-23-17(22)13-6-2-3-7-14(13)19-16(21)10-12-11-20-9-5-4-8-15(20)18-12/h2-9,11H,10H2,1H3,(H,19,21). The fourth-order valence-electron chi connectivity index (χ4n) is 2.31. The Bertz CT molecular complexity index is 837. The molecule has 0 saturated carbocycles. The summed E-state index contributed by atoms with van der Waals surface area (Å²) in [5, 5.41) is 2.73. The summed E-state index contributed by atoms with van der Waals surface area (Å²) in [6.07, 6.45) is 3.80. The lowest BCUT2D eigenvalue weighted by Gasteiger charge is -2.08. The topological polar surface area (TPSA) is 72.7 Å². The van der Waals surface area contributed by atoms with Gasteiger partial charge in [0.1, 0.15) is 5.65 Å². The molecule has 116 valence electrons. The van der Waals surface area contributed by atoms with Crippen molar-refractivity contribution in [2.75, 3.05) is 12.4 Å². The Labute approximate surface area is 132 Å². The molecule has 6 nitrogen and oxygen atoms in total. The Morgan fingerprint density at radius 3 is 2.74 bits per heavy atom. The van der Waals surface area contributed by atoms with Crippen LogP contribution in [0.3, 0.4) is 0 Å². The highest BCUT2D eigenvalue weighted by Gasteiger charge is 2.14. The number of fused-ring (bicyclic) bond motifs is 1. The van der Waals surface area contributed by atoms with Crippen LogP contribution >= 0.6 is 0 Å². The summed E-state index contributed by atoms with van der Waals surface area (Å²) in [5.74, 6) is -0.738. The van der Waals surface area contributed by atoms with E-state index in [1.807, 2.05) is 28.8 Å². The summed E-state index contributed by atoms with van der Waals surface area (Å²) in [4.78, 5) is 28.3. The summed E-state index contributed by atoms with van der Waals surface area (Å²) < 4.78 is 6.56. The first-order chi connectivity index (χ1) is 11.2. The number of aromatic nitrogens is 2. The number of ether oxygens (including phenoxy) is 1. The first-order valence-electron chi connectivity index (χ1n) is 7.07. The Hall–Kier alpha value is -3.15. The molecule has 0 bridgehead atoms. The highest BCUT2D eigenvalue weighted by Crippen LogP contribution is 2.16. The van der Waals surface area contributed by atoms with Crippen LogP contribution in [-0.4, -0.2) is 28.4 Å². The summed E-state index contributed by atoms with van der Waals surface area (Å²) in [5.41, 5.74) is 2.18. The minimum absolute atomic E-state index is 0.122. The van der Waals surface area contributed by atoms with Crippen LogP contribution in [0, 0.1) is 0 Å². The molecule has 0 unspecified atom stereocenters. The maximum Gasteiger partial charge on any atom is 0.339 e. The molecule has 0 aliphatic carbocycles. The lowest BCUT2D eigenvalue weighted by atomic mass is 10.1. The summed E-state index contributed by atoms with van der Waals surface area (Å²) >= 11 is 0. The number of amides is 1. The van der Waals surface area contributed by atoms with E-state index in [2.05, 4.69) is 10.3 Å². The van der Waals surface area contributed by atoms with Crippen LogP contribution in [0.4, 0.5) is 5.69 Å². The lowest BCUT2D eigenvalue weighted by Crippen LogP contribution is -2.17. The number of carbonyl (C=O) groups excluding carboxylic acids is 2. The van der Waals surface area contributed by atoms with Gasteiger partial charge in [0, 0.05) is 12.4 Å². The van der Waals surface area contributed by atoms with E-state index in [4.69, 9.17) is 4.74 Å². The molecule has 2 heterocycles. The zero-order valence-corrected chi connectivity index (χ0v) is 12.5. The van der Waals surface area contributed by atoms with Crippen molar-refractivity contribution in [1.29, 1.82) is 0 Å². The SMILES string of the molecule is COC(=O)c1ccccc1NC(=O)Cc1cn2ccccc2n1. The van der Waals surface area contributed by atoms with E-state index in [0.29, 0.717) is 16.9 Å². The number of hydrogen-bond donors (Lipinski definition) is 1. The van der Waals surface area contributed by atoms with Gasteiger partial charge < -0.3 is 14.5 Å². The maximum atomic E-state index is 12.2. The van der Waals surface area contributed by atoms with Gasteiger partial charge in [-0.05, 0) is 24.3 Å². The molecule has 1 aromatic carbocycles. The number of benzene rings is 1. The second kappa shape index (κ2) is 6.31. The molecule has 0 radical (unpaired) electrons. The number of pyridine rings is 1. The average Bonchev–Trinajstić information content (AvgIpc) is 2.96. The number of methoxy groups -OCH3 is 1. The van der Waals surface area contributed by atoms with Crippen molar-refractivity contribution in [1.82, 2.24) is 9.38 Å². The zero-order valence-electron chi connectivity index (χ0n) is 12.5. The van der Waals surface area contributed by atoms with E-state index in [0.717, 1.165) is 5.65 Å². The lowest BCUT2D eigenvalue weighted by molar-refractivity contribution is -0.115. The largest absolute Gasteiger partial charge is 0.465 e. The highest BCUT2D eigenvalue weighted by atomic mass is 16.5. The number of anilines is 1. The van der Waals surface area contributed by atoms with E-state index < -0.39 is 5.97 Å². The van der Waals surface area contributed by atoms with Crippen molar-refractivity contribution in [3.63, 3.8) is 0 Å². The molecule has 2 aromatic heterocycles. The predicted octanol–water partition coefficient (Wildman–Crippen LogP) is 2.30. The Balaban J connectivity index is 1.76. The van der Waals surface area contributed by atoms with E-state index in [1.54, 1.807) is 30.5 Å². The van der Waals surface area contributed by atoms with Gasteiger partial charge >= 0.3 is 5.97 Å². The normalized spacial score (nSPS) is 10.5. The molecule has 3 rings (SSSR count). The Kier molecular flexibility index (Phi) is 4.05. The fourth-order valence-corrected chi connectivity index (χ4v) is 2.31. The smallest absolute Gasteiger partial charge is 0.339 e. The molecule has 3 aromatic rings. The van der Waals surface area contributed by atoms with Crippen molar-refractivity contribution >= 4 is 23.2 Å². The minimum atomic E-state index is -0.492. The first-order valence-corrected chi connectivity index (χ1v) is 7.07. The number of carbonyl (C=O) groups is 2. The van der Waals surface area contributed by atoms with Gasteiger partial charge in [-0.1, -0.05) is 18.2 Å². The molecular formula is C17H15N3O3. The van der Waals surface area contributed by atoms with E-state index >= 15 is 0 Å². The van der Waals surface area contributed by atoms with Gasteiger partial charge in [0.15, 0.2) is 0 Å². The predicted molar refractivity (Wildman–Crippen MR) is 85.3 cm³/mol. The summed E-state index contributed by atoms with van der Waals surface area (Å²) in [6, 6.07) is 12.4. The van der Waals surface area contributed by atoms with E-state index in [-0.39, 0.29) is 12.3 Å². The maximum absolute atomic E-state index is 12.2. The molecular weight excluding hydrogens is 294 g/mol. The van der Waals surface area contributed by atoms with Crippen molar-refractivity contribution in [3.8, 4) is 0 Å². The second-order valence-corrected chi connectivity index (χ2v) is 4.96. The van der Waals surface area contributed by atoms with Gasteiger partial charge in [-0.3, -0.25) is 4.79 Å². The van der Waals surface area contributed by atoms with Gasteiger partial charge in [0.05, 0.1) is 30.5 Å². The molecule has 0 saturated heterocycles. The van der Waals surface area contributed by atoms with Gasteiger partial charge in [0.2, 0.25) is 5.91 Å². The monoisotopic (exact) mass is 309 g/mol. The molecule has 6 heteroatoms. The van der Waals surface area contributed by atoms with Crippen molar-refractivity contribution in [3.05, 3.63) is 66.1 Å². The molecule has 1 amide bonds. The van der Waals surface area contributed by atoms with Crippen LogP contribution in [0.25, 0.3) is 5.65 Å². The van der Waals surface area contributed by atoms with Crippen molar-refractivity contribution in [2.45, 2.75) is 6.42 Å². The molecule has 1 N–H and O–H groups in total. The van der Waals surface area contributed by atoms with Crippen LogP contribution in [0.2, 0.25) is 0 Å². The number of rotatable bonds is 4.